The Labute approximate surface area is 215 Å². The number of rotatable bonds is 2. The van der Waals surface area contributed by atoms with E-state index in [1.54, 1.807) is 27.0 Å². The largest absolute Gasteiger partial charge is 0.458 e. The van der Waals surface area contributed by atoms with Crippen LogP contribution in [0.5, 0.6) is 0 Å². The lowest BCUT2D eigenvalue weighted by atomic mass is 9.73. The van der Waals surface area contributed by atoms with Gasteiger partial charge in [0.1, 0.15) is 11.9 Å². The zero-order valence-corrected chi connectivity index (χ0v) is 22.8. The second-order valence-electron chi connectivity index (χ2n) is 11.7. The molecule has 2 aliphatic heterocycles. The van der Waals surface area contributed by atoms with Crippen LogP contribution in [0.3, 0.4) is 0 Å². The molecule has 3 rings (SSSR count). The number of carbonyl (C=O) groups is 2. The quantitative estimate of drug-likeness (QED) is 0.456. The summed E-state index contributed by atoms with van der Waals surface area (Å²) in [6, 6.07) is 3.90. The highest BCUT2D eigenvalue weighted by atomic mass is 16.6. The van der Waals surface area contributed by atoms with Gasteiger partial charge in [-0.3, -0.25) is 14.6 Å². The first-order valence-corrected chi connectivity index (χ1v) is 13.1. The van der Waals surface area contributed by atoms with Crippen molar-refractivity contribution in [2.45, 2.75) is 111 Å². The molecule has 7 nitrogen and oxygen atoms in total. The smallest absolute Gasteiger partial charge is 0.309 e. The topological polar surface area (TPSA) is 109 Å². The summed E-state index contributed by atoms with van der Waals surface area (Å²) in [6.45, 7) is 12.9. The molecular formula is C29H43NO6. The molecule has 2 fully saturated rings. The molecular weight excluding hydrogens is 458 g/mol. The van der Waals surface area contributed by atoms with Gasteiger partial charge in [-0.05, 0) is 62.8 Å². The standard InChI is InChI=1S/C29H43NO6/c1-17-10-11-21(30-16-17)13-19(3)22-14-24-29(7,36-24)12-8-9-18(2)26(33)20(4)27(34)28(5,6)23(31)15-25(32)35-22/h10-11,13,16,18,20,22-24,26,31,33H,8-9,12,14-15H2,1-7H3/t18-,20+,22-,23-,24-,26-,29+/m0/s1. The van der Waals surface area contributed by atoms with E-state index < -0.39 is 35.6 Å². The summed E-state index contributed by atoms with van der Waals surface area (Å²) < 4.78 is 11.9. The van der Waals surface area contributed by atoms with E-state index in [1.807, 2.05) is 39.0 Å². The molecule has 1 aromatic heterocycles. The van der Waals surface area contributed by atoms with Gasteiger partial charge in [0.05, 0.1) is 41.4 Å². The molecule has 0 aromatic carbocycles. The molecule has 2 saturated heterocycles. The van der Waals surface area contributed by atoms with Crippen LogP contribution >= 0.6 is 0 Å². The Morgan fingerprint density at radius 2 is 1.86 bits per heavy atom. The number of nitrogens with zero attached hydrogens (tertiary/aromatic N) is 1. The first kappa shape index (κ1) is 28.5. The molecule has 0 unspecified atom stereocenters. The average Bonchev–Trinajstić information content (AvgIpc) is 3.46. The van der Waals surface area contributed by atoms with Gasteiger partial charge in [0.15, 0.2) is 0 Å². The molecule has 0 bridgehead atoms. The number of fused-ring (bicyclic) bond motifs is 1. The normalized spacial score (nSPS) is 36.6. The lowest BCUT2D eigenvalue weighted by Crippen LogP contribution is -2.45. The van der Waals surface area contributed by atoms with Crippen molar-refractivity contribution in [3.8, 4) is 0 Å². The van der Waals surface area contributed by atoms with Gasteiger partial charge in [0.25, 0.3) is 0 Å². The third-order valence-electron chi connectivity index (χ3n) is 8.22. The van der Waals surface area contributed by atoms with Crippen molar-refractivity contribution < 1.29 is 29.3 Å². The number of aliphatic hydroxyl groups excluding tert-OH is 2. The molecule has 0 amide bonds. The Kier molecular flexibility index (Phi) is 8.79. The van der Waals surface area contributed by atoms with Gasteiger partial charge >= 0.3 is 5.97 Å². The van der Waals surface area contributed by atoms with E-state index in [-0.39, 0.29) is 29.8 Å². The monoisotopic (exact) mass is 501 g/mol. The fourth-order valence-electron chi connectivity index (χ4n) is 5.19. The van der Waals surface area contributed by atoms with Crippen LogP contribution in [0.15, 0.2) is 23.9 Å². The number of esters is 1. The third kappa shape index (κ3) is 6.61. The molecule has 2 aliphatic rings. The lowest BCUT2D eigenvalue weighted by molar-refractivity contribution is -0.154. The molecule has 36 heavy (non-hydrogen) atoms. The van der Waals surface area contributed by atoms with E-state index in [1.165, 1.54) is 0 Å². The number of carbonyl (C=O) groups excluding carboxylic acids is 2. The molecule has 0 radical (unpaired) electrons. The summed E-state index contributed by atoms with van der Waals surface area (Å²) in [7, 11) is 0. The first-order chi connectivity index (χ1) is 16.7. The number of aliphatic hydroxyl groups is 2. The van der Waals surface area contributed by atoms with Crippen molar-refractivity contribution in [3.63, 3.8) is 0 Å². The fraction of sp³-hybridized carbons (Fsp3) is 0.690. The highest BCUT2D eigenvalue weighted by Crippen LogP contribution is 2.45. The fourth-order valence-corrected chi connectivity index (χ4v) is 5.19. The van der Waals surface area contributed by atoms with E-state index >= 15 is 0 Å². The second kappa shape index (κ2) is 11.1. The summed E-state index contributed by atoms with van der Waals surface area (Å²) >= 11 is 0. The summed E-state index contributed by atoms with van der Waals surface area (Å²) in [5.41, 5.74) is 1.16. The van der Waals surface area contributed by atoms with Crippen molar-refractivity contribution in [1.29, 1.82) is 0 Å². The number of epoxide rings is 1. The van der Waals surface area contributed by atoms with Crippen LogP contribution in [0.25, 0.3) is 6.08 Å². The van der Waals surface area contributed by atoms with E-state index in [0.29, 0.717) is 6.42 Å². The van der Waals surface area contributed by atoms with E-state index in [2.05, 4.69) is 11.9 Å². The number of aryl methyl sites for hydroxylation is 1. The van der Waals surface area contributed by atoms with Crippen molar-refractivity contribution in [1.82, 2.24) is 4.98 Å². The maximum absolute atomic E-state index is 13.2. The highest BCUT2D eigenvalue weighted by Gasteiger charge is 2.53. The number of pyridine rings is 1. The number of ether oxygens (including phenoxy) is 2. The maximum atomic E-state index is 13.2. The van der Waals surface area contributed by atoms with Gasteiger partial charge in [-0.15, -0.1) is 0 Å². The van der Waals surface area contributed by atoms with Crippen LogP contribution in [0.4, 0.5) is 0 Å². The molecule has 0 spiro atoms. The molecule has 0 aliphatic carbocycles. The van der Waals surface area contributed by atoms with Crippen LogP contribution in [-0.4, -0.2) is 57.0 Å². The molecule has 2 N–H and O–H groups in total. The number of hydrogen-bond acceptors (Lipinski definition) is 7. The summed E-state index contributed by atoms with van der Waals surface area (Å²) in [4.78, 5) is 30.6. The second-order valence-corrected chi connectivity index (χ2v) is 11.7. The van der Waals surface area contributed by atoms with Crippen LogP contribution in [0.2, 0.25) is 0 Å². The molecule has 3 heterocycles. The van der Waals surface area contributed by atoms with E-state index in [0.717, 1.165) is 36.1 Å². The lowest BCUT2D eigenvalue weighted by Gasteiger charge is -2.34. The number of ketones is 1. The zero-order valence-electron chi connectivity index (χ0n) is 22.8. The van der Waals surface area contributed by atoms with E-state index in [9.17, 15) is 19.8 Å². The van der Waals surface area contributed by atoms with Gasteiger partial charge in [-0.2, -0.15) is 0 Å². The molecule has 7 atom stereocenters. The summed E-state index contributed by atoms with van der Waals surface area (Å²) in [5.74, 6) is -1.57. The number of Topliss-reactive ketones (excluding diaryl/α,β-unsaturated/α-hetero) is 1. The van der Waals surface area contributed by atoms with Crippen molar-refractivity contribution in [2.75, 3.05) is 0 Å². The zero-order chi connectivity index (χ0) is 26.8. The Balaban J connectivity index is 1.86. The maximum Gasteiger partial charge on any atom is 0.309 e. The summed E-state index contributed by atoms with van der Waals surface area (Å²) in [6.07, 6.45) is 3.69. The predicted octanol–water partition coefficient (Wildman–Crippen LogP) is 4.42. The predicted molar refractivity (Wildman–Crippen MR) is 138 cm³/mol. The number of hydrogen-bond donors (Lipinski definition) is 2. The highest BCUT2D eigenvalue weighted by molar-refractivity contribution is 5.88. The van der Waals surface area contributed by atoms with Crippen LogP contribution < -0.4 is 0 Å². The minimum atomic E-state index is -1.23. The molecule has 0 saturated carbocycles. The van der Waals surface area contributed by atoms with Crippen LogP contribution in [-0.2, 0) is 19.1 Å². The summed E-state index contributed by atoms with van der Waals surface area (Å²) in [5, 5.41) is 21.7. The van der Waals surface area contributed by atoms with Crippen molar-refractivity contribution in [2.24, 2.45) is 17.3 Å². The Morgan fingerprint density at radius 3 is 2.50 bits per heavy atom. The van der Waals surface area contributed by atoms with Crippen molar-refractivity contribution >= 4 is 17.8 Å². The first-order valence-electron chi connectivity index (χ1n) is 13.1. The minimum absolute atomic E-state index is 0.0559. The number of cyclic esters (lactones) is 1. The molecule has 200 valence electrons. The molecule has 1 aromatic rings. The van der Waals surface area contributed by atoms with Gasteiger partial charge in [-0.1, -0.05) is 40.2 Å². The number of aromatic nitrogens is 1. The third-order valence-corrected chi connectivity index (χ3v) is 8.22. The SMILES string of the molecule is CC(=Cc1ccc(C)cn1)[C@@H]1C[C@@H]2O[C@]2(C)CCC[C@H](C)[C@H](O)[C@@H](C)C(=O)C(C)(C)[C@@H](O)CC(=O)O1. The van der Waals surface area contributed by atoms with Gasteiger partial charge in [-0.25, -0.2) is 0 Å². The Morgan fingerprint density at radius 1 is 1.17 bits per heavy atom. The Hall–Kier alpha value is -2.09. The van der Waals surface area contributed by atoms with Gasteiger partial charge < -0.3 is 19.7 Å². The average molecular weight is 502 g/mol. The molecule has 7 heteroatoms. The van der Waals surface area contributed by atoms with Crippen molar-refractivity contribution in [3.05, 3.63) is 35.2 Å². The van der Waals surface area contributed by atoms with Gasteiger partial charge in [0.2, 0.25) is 0 Å². The van der Waals surface area contributed by atoms with Crippen LogP contribution in [0.1, 0.15) is 84.9 Å². The minimum Gasteiger partial charge on any atom is -0.458 e. The Bertz CT molecular complexity index is 970. The van der Waals surface area contributed by atoms with Gasteiger partial charge in [0, 0.05) is 18.5 Å². The van der Waals surface area contributed by atoms with Crippen LogP contribution in [0, 0.1) is 24.2 Å². The van der Waals surface area contributed by atoms with E-state index in [4.69, 9.17) is 9.47 Å².